The minimum atomic E-state index is -1.54. The number of aryl methyl sites for hydroxylation is 1. The number of nitrogen functional groups attached to an aromatic ring is 1. The fourth-order valence-corrected chi connectivity index (χ4v) is 3.33. The van der Waals surface area contributed by atoms with Crippen LogP contribution in [0.15, 0.2) is 42.7 Å². The Morgan fingerprint density at radius 3 is 2.62 bits per heavy atom. The van der Waals surface area contributed by atoms with Crippen LogP contribution < -0.4 is 5.73 Å². The van der Waals surface area contributed by atoms with Crippen molar-refractivity contribution >= 4 is 22.8 Å². The zero-order valence-corrected chi connectivity index (χ0v) is 19.3. The highest BCUT2D eigenvalue weighted by Gasteiger charge is 2.24. The molecule has 0 fully saturated rings. The second kappa shape index (κ2) is 8.88. The van der Waals surface area contributed by atoms with Gasteiger partial charge in [0.2, 0.25) is 5.95 Å². The van der Waals surface area contributed by atoms with Crippen LogP contribution in [0, 0.1) is 11.8 Å². The van der Waals surface area contributed by atoms with Gasteiger partial charge >= 0.3 is 0 Å². The molecule has 10 heteroatoms. The number of nitrogens with two attached hydrogens (primary N) is 1. The maximum atomic E-state index is 12.8. The molecule has 3 heterocycles. The number of amides is 1. The average Bonchev–Trinajstić information content (AvgIpc) is 3.21. The molecule has 0 radical (unpaired) electrons. The number of fused-ring (bicyclic) bond motifs is 1. The Morgan fingerprint density at radius 2 is 1.94 bits per heavy atom. The number of aromatic nitrogens is 6. The quantitative estimate of drug-likeness (QED) is 0.443. The molecule has 0 aliphatic carbocycles. The number of aliphatic hydroxyl groups is 1. The molecular weight excluding hydrogens is 432 g/mol. The van der Waals surface area contributed by atoms with Crippen LogP contribution in [0.4, 0.5) is 5.95 Å². The van der Waals surface area contributed by atoms with Crippen molar-refractivity contribution in [2.24, 2.45) is 0 Å². The van der Waals surface area contributed by atoms with E-state index in [0.29, 0.717) is 28.7 Å². The van der Waals surface area contributed by atoms with E-state index in [1.54, 1.807) is 61.5 Å². The van der Waals surface area contributed by atoms with Crippen LogP contribution >= 0.6 is 0 Å². The van der Waals surface area contributed by atoms with Gasteiger partial charge in [0.05, 0.1) is 5.52 Å². The molecule has 1 amide bonds. The predicted octanol–water partition coefficient (Wildman–Crippen LogP) is 1.71. The van der Waals surface area contributed by atoms with E-state index < -0.39 is 5.60 Å². The molecule has 0 saturated carbocycles. The summed E-state index contributed by atoms with van der Waals surface area (Å²) in [6, 6.07) is 8.77. The van der Waals surface area contributed by atoms with Crippen molar-refractivity contribution in [1.82, 2.24) is 34.6 Å². The fourth-order valence-electron chi connectivity index (χ4n) is 3.33. The summed E-state index contributed by atoms with van der Waals surface area (Å²) in [5.41, 5.74) is 6.62. The van der Waals surface area contributed by atoms with E-state index >= 15 is 0 Å². The van der Waals surface area contributed by atoms with Gasteiger partial charge in [0.25, 0.3) is 5.91 Å². The maximum Gasteiger partial charge on any atom is 0.274 e. The lowest BCUT2D eigenvalue weighted by atomic mass is 10.1. The van der Waals surface area contributed by atoms with Gasteiger partial charge in [0.1, 0.15) is 0 Å². The molecule has 0 saturated heterocycles. The number of carbonyl (C=O) groups is 1. The monoisotopic (exact) mass is 456 g/mol. The highest BCUT2D eigenvalue weighted by atomic mass is 16.3. The molecule has 0 aliphatic heterocycles. The third-order valence-corrected chi connectivity index (χ3v) is 5.10. The largest absolute Gasteiger partial charge is 0.371 e. The van der Waals surface area contributed by atoms with Gasteiger partial charge in [-0.1, -0.05) is 18.8 Å². The Hall–Kier alpha value is -4.36. The number of carbonyl (C=O) groups excluding carboxylic acids is 1. The summed E-state index contributed by atoms with van der Waals surface area (Å²) in [5.74, 6) is 6.32. The Balaban J connectivity index is 1.87. The number of anilines is 1. The minimum Gasteiger partial charge on any atom is -0.371 e. The van der Waals surface area contributed by atoms with Crippen molar-refractivity contribution < 1.29 is 9.90 Å². The summed E-state index contributed by atoms with van der Waals surface area (Å²) in [5, 5.41) is 15.9. The highest BCUT2D eigenvalue weighted by Crippen LogP contribution is 2.25. The van der Waals surface area contributed by atoms with Crippen molar-refractivity contribution in [3.8, 4) is 17.7 Å². The summed E-state index contributed by atoms with van der Waals surface area (Å²) in [7, 11) is 3.33. The molecule has 0 aliphatic rings. The van der Waals surface area contributed by atoms with E-state index in [-0.39, 0.29) is 23.4 Å². The molecule has 1 unspecified atom stereocenters. The number of hydrogen-bond acceptors (Lipinski definition) is 8. The molecule has 3 N–H and O–H groups in total. The van der Waals surface area contributed by atoms with E-state index in [2.05, 4.69) is 36.9 Å². The minimum absolute atomic E-state index is 0.119. The molecule has 0 spiro atoms. The smallest absolute Gasteiger partial charge is 0.274 e. The Kier molecular flexibility index (Phi) is 5.96. The molecule has 3 aromatic heterocycles. The molecular formula is C24H24N8O2. The zero-order valence-electron chi connectivity index (χ0n) is 19.3. The van der Waals surface area contributed by atoms with Crippen LogP contribution in [0.5, 0.6) is 0 Å². The highest BCUT2D eigenvalue weighted by molar-refractivity contribution is 6.05. The van der Waals surface area contributed by atoms with Gasteiger partial charge < -0.3 is 15.7 Å². The van der Waals surface area contributed by atoms with Gasteiger partial charge in [0.15, 0.2) is 22.9 Å². The molecule has 0 bridgehead atoms. The first-order valence-electron chi connectivity index (χ1n) is 10.6. The number of nitrogens with zero attached hydrogens (tertiary/aromatic N) is 7. The second-order valence-electron chi connectivity index (χ2n) is 8.02. The van der Waals surface area contributed by atoms with Gasteiger partial charge in [-0.15, -0.1) is 0 Å². The summed E-state index contributed by atoms with van der Waals surface area (Å²) < 4.78 is 1.56. The van der Waals surface area contributed by atoms with Gasteiger partial charge in [0, 0.05) is 49.2 Å². The predicted molar refractivity (Wildman–Crippen MR) is 127 cm³/mol. The Labute approximate surface area is 196 Å². The van der Waals surface area contributed by atoms with E-state index in [1.807, 2.05) is 6.92 Å². The van der Waals surface area contributed by atoms with Crippen LogP contribution in [-0.2, 0) is 12.0 Å². The number of hydrogen-bond donors (Lipinski definition) is 2. The first-order chi connectivity index (χ1) is 16.2. The van der Waals surface area contributed by atoms with Crippen molar-refractivity contribution in [3.63, 3.8) is 0 Å². The lowest BCUT2D eigenvalue weighted by Crippen LogP contribution is -2.22. The van der Waals surface area contributed by atoms with Gasteiger partial charge in [-0.05, 0) is 37.6 Å². The molecule has 1 atom stereocenters. The first-order valence-corrected chi connectivity index (χ1v) is 10.6. The van der Waals surface area contributed by atoms with Gasteiger partial charge in [-0.2, -0.15) is 10.1 Å². The van der Waals surface area contributed by atoms with Crippen LogP contribution in [-0.4, -0.2) is 59.7 Å². The molecule has 4 aromatic rings. The third kappa shape index (κ3) is 4.42. The number of benzene rings is 1. The van der Waals surface area contributed by atoms with Crippen LogP contribution in [0.25, 0.3) is 16.7 Å². The van der Waals surface area contributed by atoms with E-state index in [4.69, 9.17) is 5.73 Å². The molecule has 172 valence electrons. The Bertz CT molecular complexity index is 1430. The molecule has 1 aromatic carbocycles. The fraction of sp³-hybridized carbons (Fsp3) is 0.250. The normalized spacial score (nSPS) is 12.6. The third-order valence-electron chi connectivity index (χ3n) is 5.10. The maximum absolute atomic E-state index is 12.8. The molecule has 34 heavy (non-hydrogen) atoms. The summed E-state index contributed by atoms with van der Waals surface area (Å²) >= 11 is 0. The van der Waals surface area contributed by atoms with Crippen LogP contribution in [0.1, 0.15) is 41.4 Å². The summed E-state index contributed by atoms with van der Waals surface area (Å²) in [6.45, 7) is 3.49. The Morgan fingerprint density at radius 1 is 1.21 bits per heavy atom. The van der Waals surface area contributed by atoms with Crippen molar-refractivity contribution in [2.75, 3.05) is 19.8 Å². The molecule has 10 nitrogen and oxygen atoms in total. The second-order valence-corrected chi connectivity index (χ2v) is 8.02. The van der Waals surface area contributed by atoms with E-state index in [1.165, 1.54) is 11.8 Å². The topological polar surface area (TPSA) is 136 Å². The first kappa shape index (κ1) is 22.8. The van der Waals surface area contributed by atoms with Crippen molar-refractivity contribution in [1.29, 1.82) is 0 Å². The summed E-state index contributed by atoms with van der Waals surface area (Å²) in [6.07, 6.45) is 3.75. The van der Waals surface area contributed by atoms with Gasteiger partial charge in [-0.3, -0.25) is 4.79 Å². The lowest BCUT2D eigenvalue weighted by molar-refractivity contribution is 0.0823. The number of rotatable bonds is 4. The lowest BCUT2D eigenvalue weighted by Gasteiger charge is -2.13. The van der Waals surface area contributed by atoms with Crippen molar-refractivity contribution in [3.05, 3.63) is 65.5 Å². The van der Waals surface area contributed by atoms with Gasteiger partial charge in [-0.25, -0.2) is 19.6 Å². The van der Waals surface area contributed by atoms with E-state index in [9.17, 15) is 9.90 Å². The van der Waals surface area contributed by atoms with Crippen LogP contribution in [0.3, 0.4) is 0 Å². The standard InChI is InChI=1S/C24H24N8O2/c1-5-16-14-19(29-23(25)28-16)32-18-13-15(7-8-17(18)20(30-32)21(33)31(3)4)9-10-24(2,34)22-26-11-6-12-27-22/h6-8,11-14,34H,5H2,1-4H3,(H2,25,28,29). The van der Waals surface area contributed by atoms with E-state index in [0.717, 1.165) is 5.69 Å². The summed E-state index contributed by atoms with van der Waals surface area (Å²) in [4.78, 5) is 31.0. The van der Waals surface area contributed by atoms with Crippen LogP contribution in [0.2, 0.25) is 0 Å². The molecule has 4 rings (SSSR count). The average molecular weight is 457 g/mol. The van der Waals surface area contributed by atoms with Crippen molar-refractivity contribution in [2.45, 2.75) is 25.9 Å². The zero-order chi connectivity index (χ0) is 24.5. The SMILES string of the molecule is CCc1cc(-n2nc(C(=O)N(C)C)c3ccc(C#CC(C)(O)c4ncccn4)cc32)nc(N)n1.